The molecule has 2 aliphatic rings. The van der Waals surface area contributed by atoms with Crippen LogP contribution in [0.5, 0.6) is 0 Å². The maximum Gasteiger partial charge on any atom is 0.0952 e. The fourth-order valence-electron chi connectivity index (χ4n) is 3.47. The van der Waals surface area contributed by atoms with E-state index in [0.717, 1.165) is 32.0 Å². The van der Waals surface area contributed by atoms with Gasteiger partial charge in [-0.1, -0.05) is 31.2 Å². The van der Waals surface area contributed by atoms with Crippen molar-refractivity contribution in [2.24, 2.45) is 5.92 Å². The highest BCUT2D eigenvalue weighted by Crippen LogP contribution is 2.24. The first-order valence-corrected chi connectivity index (χ1v) is 8.48. The monoisotopic (exact) mass is 288 g/mol. The fourth-order valence-corrected chi connectivity index (χ4v) is 3.47. The van der Waals surface area contributed by atoms with Crippen LogP contribution in [0.4, 0.5) is 0 Å². The van der Waals surface area contributed by atoms with Crippen molar-refractivity contribution in [1.82, 2.24) is 10.2 Å². The van der Waals surface area contributed by atoms with Crippen LogP contribution >= 0.6 is 0 Å². The van der Waals surface area contributed by atoms with Gasteiger partial charge in [-0.2, -0.15) is 0 Å². The molecule has 1 aromatic rings. The van der Waals surface area contributed by atoms with Crippen LogP contribution in [0.15, 0.2) is 24.3 Å². The molecular weight excluding hydrogens is 260 g/mol. The van der Waals surface area contributed by atoms with E-state index < -0.39 is 0 Å². The van der Waals surface area contributed by atoms with Crippen LogP contribution < -0.4 is 5.32 Å². The molecule has 1 aromatic carbocycles. The molecule has 2 saturated heterocycles. The first-order chi connectivity index (χ1) is 10.3. The summed E-state index contributed by atoms with van der Waals surface area (Å²) >= 11 is 0. The van der Waals surface area contributed by atoms with Crippen LogP contribution in [-0.2, 0) is 11.2 Å². The van der Waals surface area contributed by atoms with E-state index in [4.69, 9.17) is 4.74 Å². The van der Waals surface area contributed by atoms with Gasteiger partial charge in [0.05, 0.1) is 12.7 Å². The molecule has 0 saturated carbocycles. The average Bonchev–Trinajstić information content (AvgIpc) is 2.56. The lowest BCUT2D eigenvalue weighted by Crippen LogP contribution is -2.43. The van der Waals surface area contributed by atoms with Gasteiger partial charge in [0.25, 0.3) is 0 Å². The largest absolute Gasteiger partial charge is 0.371 e. The number of piperidine rings is 1. The summed E-state index contributed by atoms with van der Waals surface area (Å²) in [4.78, 5) is 2.61. The molecule has 0 spiro atoms. The predicted molar refractivity (Wildman–Crippen MR) is 86.5 cm³/mol. The molecule has 3 heteroatoms. The predicted octanol–water partition coefficient (Wildman–Crippen LogP) is 2.62. The number of hydrogen-bond donors (Lipinski definition) is 1. The second-order valence-electron chi connectivity index (χ2n) is 6.41. The molecule has 0 aliphatic carbocycles. The number of hydrogen-bond acceptors (Lipinski definition) is 3. The minimum absolute atomic E-state index is 0.256. The molecule has 0 radical (unpaired) electrons. The van der Waals surface area contributed by atoms with Crippen molar-refractivity contribution in [3.63, 3.8) is 0 Å². The van der Waals surface area contributed by atoms with E-state index in [0.29, 0.717) is 0 Å². The van der Waals surface area contributed by atoms with Crippen LogP contribution in [0.2, 0.25) is 0 Å². The van der Waals surface area contributed by atoms with Gasteiger partial charge in [0.15, 0.2) is 0 Å². The highest BCUT2D eigenvalue weighted by molar-refractivity contribution is 5.24. The van der Waals surface area contributed by atoms with E-state index in [1.54, 1.807) is 0 Å². The van der Waals surface area contributed by atoms with E-state index >= 15 is 0 Å². The molecule has 21 heavy (non-hydrogen) atoms. The average molecular weight is 288 g/mol. The molecule has 2 aliphatic heterocycles. The van der Waals surface area contributed by atoms with Crippen molar-refractivity contribution >= 4 is 0 Å². The van der Waals surface area contributed by atoms with Crippen LogP contribution in [0, 0.1) is 5.92 Å². The lowest BCUT2D eigenvalue weighted by molar-refractivity contribution is -0.0356. The van der Waals surface area contributed by atoms with Gasteiger partial charge in [0.2, 0.25) is 0 Å². The maximum atomic E-state index is 6.00. The Morgan fingerprint density at radius 1 is 1.19 bits per heavy atom. The normalized spacial score (nSPS) is 25.1. The minimum atomic E-state index is 0.256. The number of aryl methyl sites for hydroxylation is 1. The molecule has 2 heterocycles. The summed E-state index contributed by atoms with van der Waals surface area (Å²) in [6.07, 6.45) is 4.01. The molecule has 0 amide bonds. The summed E-state index contributed by atoms with van der Waals surface area (Å²) in [5, 5.41) is 3.45. The first kappa shape index (κ1) is 15.0. The van der Waals surface area contributed by atoms with E-state index in [-0.39, 0.29) is 6.10 Å². The van der Waals surface area contributed by atoms with Crippen molar-refractivity contribution in [3.8, 4) is 0 Å². The summed E-state index contributed by atoms with van der Waals surface area (Å²) in [5.41, 5.74) is 2.74. The van der Waals surface area contributed by atoms with Gasteiger partial charge >= 0.3 is 0 Å². The molecule has 1 unspecified atom stereocenters. The molecule has 116 valence electrons. The smallest absolute Gasteiger partial charge is 0.0952 e. The number of morpholine rings is 1. The SMILES string of the molecule is CCc1ccc(C2CN(CC3CCNCC3)CCO2)cc1. The van der Waals surface area contributed by atoms with Gasteiger partial charge in [-0.3, -0.25) is 4.90 Å². The number of rotatable bonds is 4. The highest BCUT2D eigenvalue weighted by atomic mass is 16.5. The Balaban J connectivity index is 1.56. The van der Waals surface area contributed by atoms with Crippen molar-refractivity contribution in [3.05, 3.63) is 35.4 Å². The Morgan fingerprint density at radius 3 is 2.67 bits per heavy atom. The Bertz CT molecular complexity index is 425. The molecule has 3 nitrogen and oxygen atoms in total. The fraction of sp³-hybridized carbons (Fsp3) is 0.667. The number of ether oxygens (including phenoxy) is 1. The Morgan fingerprint density at radius 2 is 1.95 bits per heavy atom. The number of benzene rings is 1. The molecular formula is C18H28N2O. The van der Waals surface area contributed by atoms with Crippen molar-refractivity contribution < 1.29 is 4.74 Å². The number of nitrogens with one attached hydrogen (secondary N) is 1. The van der Waals surface area contributed by atoms with Gasteiger partial charge in [0.1, 0.15) is 0 Å². The van der Waals surface area contributed by atoms with Crippen LogP contribution in [-0.4, -0.2) is 44.2 Å². The summed E-state index contributed by atoms with van der Waals surface area (Å²) in [6, 6.07) is 8.98. The van der Waals surface area contributed by atoms with Crippen molar-refractivity contribution in [2.75, 3.05) is 39.3 Å². The van der Waals surface area contributed by atoms with Crippen LogP contribution in [0.1, 0.15) is 37.0 Å². The third-order valence-corrected chi connectivity index (χ3v) is 4.89. The standard InChI is InChI=1S/C18H28N2O/c1-2-15-3-5-17(6-4-15)18-14-20(11-12-21-18)13-16-7-9-19-10-8-16/h3-6,16,18-19H,2,7-14H2,1H3. The van der Waals surface area contributed by atoms with Crippen molar-refractivity contribution in [1.29, 1.82) is 0 Å². The van der Waals surface area contributed by atoms with Gasteiger partial charge in [0, 0.05) is 19.6 Å². The Hall–Kier alpha value is -0.900. The van der Waals surface area contributed by atoms with Gasteiger partial charge in [-0.15, -0.1) is 0 Å². The minimum Gasteiger partial charge on any atom is -0.371 e. The van der Waals surface area contributed by atoms with Gasteiger partial charge < -0.3 is 10.1 Å². The maximum absolute atomic E-state index is 6.00. The van der Waals surface area contributed by atoms with E-state index in [2.05, 4.69) is 41.4 Å². The lowest BCUT2D eigenvalue weighted by atomic mass is 9.96. The van der Waals surface area contributed by atoms with Gasteiger partial charge in [-0.05, 0) is 49.4 Å². The van der Waals surface area contributed by atoms with Crippen LogP contribution in [0.3, 0.4) is 0 Å². The molecule has 2 fully saturated rings. The molecule has 0 bridgehead atoms. The Labute approximate surface area is 128 Å². The molecule has 3 rings (SSSR count). The van der Waals surface area contributed by atoms with E-state index in [1.165, 1.54) is 43.6 Å². The third-order valence-electron chi connectivity index (χ3n) is 4.89. The second kappa shape index (κ2) is 7.39. The number of nitrogens with zero attached hydrogens (tertiary/aromatic N) is 1. The molecule has 0 aromatic heterocycles. The summed E-state index contributed by atoms with van der Waals surface area (Å²) in [7, 11) is 0. The summed E-state index contributed by atoms with van der Waals surface area (Å²) < 4.78 is 6.00. The highest BCUT2D eigenvalue weighted by Gasteiger charge is 2.24. The molecule has 1 atom stereocenters. The zero-order valence-corrected chi connectivity index (χ0v) is 13.2. The van der Waals surface area contributed by atoms with Crippen LogP contribution in [0.25, 0.3) is 0 Å². The van der Waals surface area contributed by atoms with E-state index in [1.807, 2.05) is 0 Å². The zero-order valence-electron chi connectivity index (χ0n) is 13.2. The van der Waals surface area contributed by atoms with E-state index in [9.17, 15) is 0 Å². The summed E-state index contributed by atoms with van der Waals surface area (Å²) in [5.74, 6) is 0.868. The topological polar surface area (TPSA) is 24.5 Å². The van der Waals surface area contributed by atoms with Gasteiger partial charge in [-0.25, -0.2) is 0 Å². The quantitative estimate of drug-likeness (QED) is 0.922. The lowest BCUT2D eigenvalue weighted by Gasteiger charge is -2.36. The summed E-state index contributed by atoms with van der Waals surface area (Å²) in [6.45, 7) is 8.84. The molecule has 1 N–H and O–H groups in total. The zero-order chi connectivity index (χ0) is 14.5. The Kier molecular flexibility index (Phi) is 5.28. The first-order valence-electron chi connectivity index (χ1n) is 8.48. The van der Waals surface area contributed by atoms with Crippen molar-refractivity contribution in [2.45, 2.75) is 32.3 Å². The second-order valence-corrected chi connectivity index (χ2v) is 6.41. The third kappa shape index (κ3) is 4.06.